The smallest absolute Gasteiger partial charge is 0.225 e. The van der Waals surface area contributed by atoms with E-state index in [0.717, 1.165) is 18.4 Å². The third-order valence-electron chi connectivity index (χ3n) is 4.29. The summed E-state index contributed by atoms with van der Waals surface area (Å²) in [5.41, 5.74) is 1.02. The first-order valence-corrected chi connectivity index (χ1v) is 9.50. The highest BCUT2D eigenvalue weighted by molar-refractivity contribution is 7.88. The quantitative estimate of drug-likeness (QED) is 0.858. The fourth-order valence-electron chi connectivity index (χ4n) is 3.12. The van der Waals surface area contributed by atoms with Gasteiger partial charge in [-0.3, -0.25) is 9.78 Å². The monoisotopic (exact) mass is 323 g/mol. The fraction of sp³-hybridized carbons (Fsp3) is 0.600. The van der Waals surface area contributed by atoms with Crippen LogP contribution in [0, 0.1) is 5.92 Å². The van der Waals surface area contributed by atoms with Crippen LogP contribution in [0.3, 0.4) is 0 Å². The minimum atomic E-state index is -3.29. The molecule has 3 rings (SSSR count). The van der Waals surface area contributed by atoms with Crippen LogP contribution in [-0.2, 0) is 21.2 Å². The van der Waals surface area contributed by atoms with Crippen molar-refractivity contribution < 1.29 is 13.2 Å². The molecule has 1 aliphatic heterocycles. The normalized spacial score (nSPS) is 25.4. The Labute approximate surface area is 131 Å². The highest BCUT2D eigenvalue weighted by atomic mass is 32.2. The summed E-state index contributed by atoms with van der Waals surface area (Å²) in [5, 5.41) is 0. The van der Waals surface area contributed by atoms with Crippen LogP contribution in [0.15, 0.2) is 24.5 Å². The average Bonchev–Trinajstić information content (AvgIpc) is 3.24. The molecule has 0 radical (unpaired) electrons. The Hall–Kier alpha value is -1.47. The minimum Gasteiger partial charge on any atom is -0.337 e. The first-order chi connectivity index (χ1) is 10.4. The van der Waals surface area contributed by atoms with Crippen molar-refractivity contribution >= 4 is 15.9 Å². The van der Waals surface area contributed by atoms with Crippen molar-refractivity contribution in [1.82, 2.24) is 14.6 Å². The lowest BCUT2D eigenvalue weighted by atomic mass is 10.0. The van der Waals surface area contributed by atoms with Crippen LogP contribution in [-0.4, -0.2) is 49.1 Å². The molecular weight excluding hydrogens is 302 g/mol. The molecule has 0 aromatic carbocycles. The van der Waals surface area contributed by atoms with Gasteiger partial charge in [0, 0.05) is 30.9 Å². The number of aromatic nitrogens is 1. The van der Waals surface area contributed by atoms with Crippen LogP contribution in [0.25, 0.3) is 0 Å². The number of likely N-dealkylation sites (tertiary alicyclic amines) is 1. The van der Waals surface area contributed by atoms with Gasteiger partial charge in [-0.2, -0.15) is 0 Å². The van der Waals surface area contributed by atoms with Gasteiger partial charge in [-0.1, -0.05) is 6.07 Å². The standard InChI is InChI=1S/C15H21N3O3S/c1-22(20,21)17-13-6-8-18(15(19)12-4-5-12)14(13)9-11-3-2-7-16-10-11/h2-3,7,10,12-14,17H,4-6,8-9H2,1H3/t13-,14+/m1/s1. The summed E-state index contributed by atoms with van der Waals surface area (Å²) in [7, 11) is -3.29. The molecule has 1 aliphatic carbocycles. The Morgan fingerprint density at radius 2 is 2.18 bits per heavy atom. The second kappa shape index (κ2) is 5.96. The summed E-state index contributed by atoms with van der Waals surface area (Å²) in [4.78, 5) is 18.4. The summed E-state index contributed by atoms with van der Waals surface area (Å²) in [6.07, 6.45) is 7.85. The fourth-order valence-corrected chi connectivity index (χ4v) is 3.94. The topological polar surface area (TPSA) is 79.4 Å². The number of hydrogen-bond donors (Lipinski definition) is 1. The van der Waals surface area contributed by atoms with Crippen LogP contribution < -0.4 is 4.72 Å². The predicted octanol–water partition coefficient (Wildman–Crippen LogP) is 0.553. The maximum absolute atomic E-state index is 12.5. The van der Waals surface area contributed by atoms with E-state index in [1.165, 1.54) is 6.26 Å². The van der Waals surface area contributed by atoms with Gasteiger partial charge in [0.1, 0.15) is 0 Å². The van der Waals surface area contributed by atoms with Crippen LogP contribution in [0.4, 0.5) is 0 Å². The SMILES string of the molecule is CS(=O)(=O)N[C@@H]1CCN(C(=O)C2CC2)[C@H]1Cc1cccnc1. The molecule has 7 heteroatoms. The number of carbonyl (C=O) groups excluding carboxylic acids is 1. The average molecular weight is 323 g/mol. The zero-order valence-electron chi connectivity index (χ0n) is 12.6. The van der Waals surface area contributed by atoms with Gasteiger partial charge in [-0.15, -0.1) is 0 Å². The van der Waals surface area contributed by atoms with Crippen molar-refractivity contribution in [2.24, 2.45) is 5.92 Å². The van der Waals surface area contributed by atoms with E-state index < -0.39 is 10.0 Å². The van der Waals surface area contributed by atoms with Crippen molar-refractivity contribution in [1.29, 1.82) is 0 Å². The maximum Gasteiger partial charge on any atom is 0.225 e. The third kappa shape index (κ3) is 3.64. The first kappa shape index (κ1) is 15.4. The predicted molar refractivity (Wildman–Crippen MR) is 82.6 cm³/mol. The summed E-state index contributed by atoms with van der Waals surface area (Å²) in [6, 6.07) is 3.46. The maximum atomic E-state index is 12.5. The van der Waals surface area contributed by atoms with Gasteiger partial charge in [0.2, 0.25) is 15.9 Å². The molecule has 6 nitrogen and oxygen atoms in total. The van der Waals surface area contributed by atoms with Crippen LogP contribution in [0.2, 0.25) is 0 Å². The summed E-state index contributed by atoms with van der Waals surface area (Å²) in [5.74, 6) is 0.320. The zero-order chi connectivity index (χ0) is 15.7. The van der Waals surface area contributed by atoms with Gasteiger partial charge in [0.15, 0.2) is 0 Å². The Kier molecular flexibility index (Phi) is 4.18. The third-order valence-corrected chi connectivity index (χ3v) is 5.02. The van der Waals surface area contributed by atoms with Gasteiger partial charge < -0.3 is 4.90 Å². The number of nitrogens with one attached hydrogen (secondary N) is 1. The molecule has 1 aromatic rings. The Morgan fingerprint density at radius 1 is 1.41 bits per heavy atom. The van der Waals surface area contributed by atoms with Crippen molar-refractivity contribution in [3.05, 3.63) is 30.1 Å². The molecule has 1 aromatic heterocycles. The minimum absolute atomic E-state index is 0.132. The lowest BCUT2D eigenvalue weighted by molar-refractivity contribution is -0.133. The Bertz CT molecular complexity index is 643. The van der Waals surface area contributed by atoms with Crippen molar-refractivity contribution in [2.45, 2.75) is 37.8 Å². The van der Waals surface area contributed by atoms with E-state index in [-0.39, 0.29) is 23.9 Å². The molecule has 1 amide bonds. The number of nitrogens with zero attached hydrogens (tertiary/aromatic N) is 2. The Balaban J connectivity index is 1.80. The van der Waals surface area contributed by atoms with Crippen molar-refractivity contribution in [2.75, 3.05) is 12.8 Å². The molecule has 2 heterocycles. The molecular formula is C15H21N3O3S. The molecule has 1 N–H and O–H groups in total. The summed E-state index contributed by atoms with van der Waals surface area (Å²) < 4.78 is 25.9. The number of rotatable bonds is 5. The molecule has 1 saturated heterocycles. The van der Waals surface area contributed by atoms with Gasteiger partial charge in [0.05, 0.1) is 12.3 Å². The van der Waals surface area contributed by atoms with E-state index in [0.29, 0.717) is 19.4 Å². The highest BCUT2D eigenvalue weighted by Crippen LogP contribution is 2.34. The number of sulfonamides is 1. The van der Waals surface area contributed by atoms with Gasteiger partial charge in [-0.25, -0.2) is 13.1 Å². The van der Waals surface area contributed by atoms with E-state index in [4.69, 9.17) is 0 Å². The number of pyridine rings is 1. The molecule has 1 saturated carbocycles. The van der Waals surface area contributed by atoms with E-state index in [2.05, 4.69) is 9.71 Å². The lowest BCUT2D eigenvalue weighted by Gasteiger charge is -2.28. The molecule has 2 fully saturated rings. The van der Waals surface area contributed by atoms with E-state index in [1.54, 1.807) is 12.4 Å². The van der Waals surface area contributed by atoms with Crippen LogP contribution >= 0.6 is 0 Å². The van der Waals surface area contributed by atoms with Crippen LogP contribution in [0.5, 0.6) is 0 Å². The molecule has 0 spiro atoms. The molecule has 0 unspecified atom stereocenters. The summed E-state index contributed by atoms with van der Waals surface area (Å²) >= 11 is 0. The summed E-state index contributed by atoms with van der Waals surface area (Å²) in [6.45, 7) is 0.619. The number of carbonyl (C=O) groups is 1. The first-order valence-electron chi connectivity index (χ1n) is 7.61. The highest BCUT2D eigenvalue weighted by Gasteiger charge is 2.43. The van der Waals surface area contributed by atoms with Crippen LogP contribution in [0.1, 0.15) is 24.8 Å². The lowest BCUT2D eigenvalue weighted by Crippen LogP contribution is -2.48. The van der Waals surface area contributed by atoms with Crippen molar-refractivity contribution in [3.63, 3.8) is 0 Å². The zero-order valence-corrected chi connectivity index (χ0v) is 13.4. The number of amides is 1. The molecule has 0 bridgehead atoms. The van der Waals surface area contributed by atoms with E-state index >= 15 is 0 Å². The van der Waals surface area contributed by atoms with E-state index in [1.807, 2.05) is 17.0 Å². The van der Waals surface area contributed by atoms with Gasteiger partial charge in [-0.05, 0) is 37.3 Å². The molecule has 120 valence electrons. The molecule has 2 atom stereocenters. The molecule has 2 aliphatic rings. The van der Waals surface area contributed by atoms with Gasteiger partial charge in [0.25, 0.3) is 0 Å². The molecule has 22 heavy (non-hydrogen) atoms. The second-order valence-corrected chi connectivity index (χ2v) is 8.00. The Morgan fingerprint density at radius 3 is 2.77 bits per heavy atom. The van der Waals surface area contributed by atoms with Crippen molar-refractivity contribution in [3.8, 4) is 0 Å². The largest absolute Gasteiger partial charge is 0.337 e. The van der Waals surface area contributed by atoms with E-state index in [9.17, 15) is 13.2 Å². The number of hydrogen-bond acceptors (Lipinski definition) is 4. The second-order valence-electron chi connectivity index (χ2n) is 6.22. The van der Waals surface area contributed by atoms with Gasteiger partial charge >= 0.3 is 0 Å².